The Morgan fingerprint density at radius 3 is 2.05 bits per heavy atom. The number of aromatic hydroxyl groups is 1. The molecule has 0 aromatic heterocycles. The summed E-state index contributed by atoms with van der Waals surface area (Å²) in [7, 11) is 0. The molecule has 0 aliphatic carbocycles. The van der Waals surface area contributed by atoms with Crippen LogP contribution in [0.5, 0.6) is 5.75 Å². The highest BCUT2D eigenvalue weighted by Crippen LogP contribution is 2.35. The third-order valence-electron chi connectivity index (χ3n) is 3.61. The van der Waals surface area contributed by atoms with Gasteiger partial charge in [0.1, 0.15) is 0 Å². The van der Waals surface area contributed by atoms with Gasteiger partial charge in [-0.1, -0.05) is 37.0 Å². The number of carbonyl (C=O) groups excluding carboxylic acids is 1. The zero-order valence-electron chi connectivity index (χ0n) is 11.7. The molecule has 0 radical (unpaired) electrons. The third kappa shape index (κ3) is 4.02. The summed E-state index contributed by atoms with van der Waals surface area (Å²) in [5.41, 5.74) is -0.784. The minimum absolute atomic E-state index is 0.00767. The summed E-state index contributed by atoms with van der Waals surface area (Å²) in [5.74, 6) is -1.71. The highest BCUT2D eigenvalue weighted by molar-refractivity contribution is 6.37. The number of hydrogen-bond donors (Lipinski definition) is 3. The van der Waals surface area contributed by atoms with Crippen LogP contribution < -0.4 is 5.32 Å². The van der Waals surface area contributed by atoms with Crippen LogP contribution >= 0.6 is 23.2 Å². The van der Waals surface area contributed by atoms with Crippen LogP contribution in [0.15, 0.2) is 12.1 Å². The van der Waals surface area contributed by atoms with Gasteiger partial charge in [-0.3, -0.25) is 9.59 Å². The first-order chi connectivity index (χ1) is 9.75. The molecule has 0 spiro atoms. The van der Waals surface area contributed by atoms with Crippen molar-refractivity contribution in [3.63, 3.8) is 0 Å². The molecule has 0 fully saturated rings. The number of hydrogen-bond acceptors (Lipinski definition) is 3. The van der Waals surface area contributed by atoms with E-state index in [2.05, 4.69) is 5.32 Å². The number of halogens is 2. The molecular formula is C14H17Cl2NO4. The Morgan fingerprint density at radius 2 is 1.67 bits per heavy atom. The van der Waals surface area contributed by atoms with Crippen LogP contribution in [0.4, 0.5) is 5.69 Å². The second-order valence-electron chi connectivity index (χ2n) is 4.81. The number of anilines is 1. The summed E-state index contributed by atoms with van der Waals surface area (Å²) in [4.78, 5) is 23.4. The predicted molar refractivity (Wildman–Crippen MR) is 82.0 cm³/mol. The number of amides is 1. The Labute approximate surface area is 132 Å². The Hall–Kier alpha value is -1.46. The Morgan fingerprint density at radius 1 is 1.19 bits per heavy atom. The van der Waals surface area contributed by atoms with Crippen molar-refractivity contribution >= 4 is 40.8 Å². The van der Waals surface area contributed by atoms with Gasteiger partial charge >= 0.3 is 5.97 Å². The normalized spacial score (nSPS) is 11.2. The van der Waals surface area contributed by atoms with E-state index in [0.29, 0.717) is 18.5 Å². The predicted octanol–water partition coefficient (Wildman–Crippen LogP) is 3.92. The molecule has 0 atom stereocenters. The topological polar surface area (TPSA) is 86.6 Å². The summed E-state index contributed by atoms with van der Waals surface area (Å²) in [5, 5.41) is 21.3. The van der Waals surface area contributed by atoms with Gasteiger partial charge < -0.3 is 15.5 Å². The summed E-state index contributed by atoms with van der Waals surface area (Å²) < 4.78 is 0. The zero-order valence-corrected chi connectivity index (χ0v) is 13.3. The largest absolute Gasteiger partial charge is 0.505 e. The summed E-state index contributed by atoms with van der Waals surface area (Å²) in [6, 6.07) is 2.70. The van der Waals surface area contributed by atoms with Crippen LogP contribution in [0, 0.1) is 5.41 Å². The van der Waals surface area contributed by atoms with Crippen molar-refractivity contribution in [1.82, 2.24) is 0 Å². The maximum absolute atomic E-state index is 12.0. The van der Waals surface area contributed by atoms with Crippen LogP contribution in [-0.4, -0.2) is 22.1 Å². The van der Waals surface area contributed by atoms with Crippen LogP contribution in [-0.2, 0) is 9.59 Å². The van der Waals surface area contributed by atoms with Gasteiger partial charge in [-0.15, -0.1) is 0 Å². The molecule has 0 aliphatic rings. The van der Waals surface area contributed by atoms with Crippen LogP contribution in [0.25, 0.3) is 0 Å². The molecule has 1 amide bonds. The zero-order chi connectivity index (χ0) is 16.2. The molecule has 0 unspecified atom stereocenters. The highest BCUT2D eigenvalue weighted by Gasteiger charge is 2.37. The number of carboxylic acid groups (broad SMARTS) is 1. The molecule has 5 nitrogen and oxygen atoms in total. The second kappa shape index (κ2) is 7.00. The lowest BCUT2D eigenvalue weighted by molar-refractivity contribution is -0.151. The van der Waals surface area contributed by atoms with Crippen molar-refractivity contribution in [1.29, 1.82) is 0 Å². The van der Waals surface area contributed by atoms with E-state index in [-0.39, 0.29) is 22.2 Å². The maximum atomic E-state index is 12.0. The first-order valence-corrected chi connectivity index (χ1v) is 7.22. The maximum Gasteiger partial charge on any atom is 0.310 e. The van der Waals surface area contributed by atoms with Crippen molar-refractivity contribution in [3.8, 4) is 5.75 Å². The lowest BCUT2D eigenvalue weighted by Gasteiger charge is -2.25. The Balaban J connectivity index is 2.89. The lowest BCUT2D eigenvalue weighted by atomic mass is 9.79. The van der Waals surface area contributed by atoms with Gasteiger partial charge in [0.05, 0.1) is 15.5 Å². The minimum Gasteiger partial charge on any atom is -0.505 e. The van der Waals surface area contributed by atoms with Gasteiger partial charge in [-0.05, 0) is 25.0 Å². The van der Waals surface area contributed by atoms with Crippen molar-refractivity contribution in [3.05, 3.63) is 22.2 Å². The SMILES string of the molecule is CCC(CC)(CC(=O)Nc1cc(Cl)c(O)c(Cl)c1)C(=O)O. The van der Waals surface area contributed by atoms with Gasteiger partial charge in [-0.2, -0.15) is 0 Å². The van der Waals surface area contributed by atoms with Gasteiger partial charge in [0.25, 0.3) is 0 Å². The number of phenols is 1. The van der Waals surface area contributed by atoms with Gasteiger partial charge in [0.2, 0.25) is 5.91 Å². The molecule has 0 heterocycles. The van der Waals surface area contributed by atoms with Crippen molar-refractivity contribution < 1.29 is 19.8 Å². The molecule has 1 aromatic carbocycles. The average Bonchev–Trinajstić information content (AvgIpc) is 2.41. The number of rotatable bonds is 6. The van der Waals surface area contributed by atoms with Crippen molar-refractivity contribution in [2.45, 2.75) is 33.1 Å². The fourth-order valence-corrected chi connectivity index (χ4v) is 2.52. The van der Waals surface area contributed by atoms with Gasteiger partial charge in [0.15, 0.2) is 5.75 Å². The fraction of sp³-hybridized carbons (Fsp3) is 0.429. The van der Waals surface area contributed by atoms with E-state index < -0.39 is 17.3 Å². The molecule has 0 aliphatic heterocycles. The smallest absolute Gasteiger partial charge is 0.310 e. The van der Waals surface area contributed by atoms with E-state index in [0.717, 1.165) is 0 Å². The molecule has 3 N–H and O–H groups in total. The number of benzene rings is 1. The quantitative estimate of drug-likeness (QED) is 0.688. The monoisotopic (exact) mass is 333 g/mol. The molecule has 116 valence electrons. The molecule has 0 saturated heterocycles. The fourth-order valence-electron chi connectivity index (χ4n) is 2.03. The third-order valence-corrected chi connectivity index (χ3v) is 4.18. The number of carboxylic acids is 1. The molecule has 1 rings (SSSR count). The molecule has 0 saturated carbocycles. The van der Waals surface area contributed by atoms with E-state index in [1.165, 1.54) is 12.1 Å². The number of phenolic OH excluding ortho intramolecular Hbond substituents is 1. The van der Waals surface area contributed by atoms with Crippen LogP contribution in [0.2, 0.25) is 10.0 Å². The average molecular weight is 334 g/mol. The van der Waals surface area contributed by atoms with Crippen molar-refractivity contribution in [2.75, 3.05) is 5.32 Å². The Bertz CT molecular complexity index is 533. The molecule has 1 aromatic rings. The summed E-state index contributed by atoms with van der Waals surface area (Å²) in [6.07, 6.45) is 0.554. The Kier molecular flexibility index (Phi) is 5.87. The first-order valence-electron chi connectivity index (χ1n) is 6.47. The summed E-state index contributed by atoms with van der Waals surface area (Å²) in [6.45, 7) is 3.47. The van der Waals surface area contributed by atoms with E-state index in [1.54, 1.807) is 13.8 Å². The second-order valence-corrected chi connectivity index (χ2v) is 5.62. The molecule has 21 heavy (non-hydrogen) atoms. The number of aliphatic carboxylic acids is 1. The number of carbonyl (C=O) groups is 2. The first kappa shape index (κ1) is 17.6. The minimum atomic E-state index is -1.09. The van der Waals surface area contributed by atoms with E-state index in [1.807, 2.05) is 0 Å². The van der Waals surface area contributed by atoms with E-state index >= 15 is 0 Å². The van der Waals surface area contributed by atoms with Crippen molar-refractivity contribution in [2.24, 2.45) is 5.41 Å². The number of nitrogens with one attached hydrogen (secondary N) is 1. The molecule has 0 bridgehead atoms. The van der Waals surface area contributed by atoms with Gasteiger partial charge in [0, 0.05) is 12.1 Å². The highest BCUT2D eigenvalue weighted by atomic mass is 35.5. The van der Waals surface area contributed by atoms with Crippen LogP contribution in [0.1, 0.15) is 33.1 Å². The summed E-state index contributed by atoms with van der Waals surface area (Å²) >= 11 is 11.5. The van der Waals surface area contributed by atoms with Crippen LogP contribution in [0.3, 0.4) is 0 Å². The van der Waals surface area contributed by atoms with E-state index in [9.17, 15) is 19.8 Å². The molecule has 7 heteroatoms. The molecular weight excluding hydrogens is 317 g/mol. The van der Waals surface area contributed by atoms with E-state index in [4.69, 9.17) is 23.2 Å². The standard InChI is InChI=1S/C14H17Cl2NO4/c1-3-14(4-2,13(20)21)7-11(18)17-8-5-9(15)12(19)10(16)6-8/h5-6,19H,3-4,7H2,1-2H3,(H,17,18)(H,20,21). The lowest BCUT2D eigenvalue weighted by Crippen LogP contribution is -2.34. The van der Waals surface area contributed by atoms with Gasteiger partial charge in [-0.25, -0.2) is 0 Å².